The van der Waals surface area contributed by atoms with Crippen LogP contribution in [0, 0.1) is 0 Å². The highest BCUT2D eigenvalue weighted by molar-refractivity contribution is 8.07. The summed E-state index contributed by atoms with van der Waals surface area (Å²) < 4.78 is 15.7. The Balaban J connectivity index is 3.55. The topological polar surface area (TPSA) is 49.0 Å². The lowest BCUT2D eigenvalue weighted by molar-refractivity contribution is -0.191. The third kappa shape index (κ3) is 10.8. The predicted molar refractivity (Wildman–Crippen MR) is 85.9 cm³/mol. The van der Waals surface area contributed by atoms with Crippen molar-refractivity contribution in [3.63, 3.8) is 0 Å². The molecule has 1 atom stereocenters. The Kier molecular flexibility index (Phi) is 12.8. The normalized spacial score (nSPS) is 13.9. The summed E-state index contributed by atoms with van der Waals surface area (Å²) in [6.45, 7) is 7.11. The van der Waals surface area contributed by atoms with Crippen LogP contribution >= 0.6 is 6.72 Å². The Hall–Kier alpha value is 0.0300. The monoisotopic (exact) mass is 325 g/mol. The lowest BCUT2D eigenvalue weighted by Gasteiger charge is -2.18. The second-order valence-corrected chi connectivity index (χ2v) is 7.14. The van der Waals surface area contributed by atoms with Gasteiger partial charge in [0.1, 0.15) is 0 Å². The van der Waals surface area contributed by atoms with Crippen molar-refractivity contribution < 1.29 is 18.6 Å². The molecule has 0 aliphatic carbocycles. The molecule has 0 heterocycles. The molecule has 0 spiro atoms. The van der Waals surface area contributed by atoms with Gasteiger partial charge in [-0.3, -0.25) is 0 Å². The molecule has 1 N–H and O–H groups in total. The minimum absolute atomic E-state index is 0.452. The van der Waals surface area contributed by atoms with Gasteiger partial charge < -0.3 is 14.4 Å². The van der Waals surface area contributed by atoms with Crippen LogP contribution in [0.5, 0.6) is 0 Å². The van der Waals surface area contributed by atoms with Crippen molar-refractivity contribution in [1.82, 2.24) is 5.32 Å². The molecule has 0 radical (unpaired) electrons. The number of allylic oxidation sites excluding steroid dienone is 1. The minimum atomic E-state index is -2.71. The second kappa shape index (κ2) is 12.7. The van der Waals surface area contributed by atoms with Gasteiger partial charge >= 0.3 is 6.72 Å². The Morgan fingerprint density at radius 3 is 2.45 bits per heavy atom. The third-order valence-corrected chi connectivity index (χ3v) is 4.80. The summed E-state index contributed by atoms with van der Waals surface area (Å²) >= 11 is 5.16. The Labute approximate surface area is 128 Å². The molecular weight excluding hydrogens is 297 g/mol. The number of unbranched alkanes of at least 4 members (excludes halogenated alkanes) is 3. The van der Waals surface area contributed by atoms with E-state index in [1.165, 1.54) is 7.11 Å². The van der Waals surface area contributed by atoms with Crippen LogP contribution in [0.15, 0.2) is 12.3 Å². The molecule has 0 aromatic carbocycles. The highest BCUT2D eigenvalue weighted by Crippen LogP contribution is 2.49. The maximum absolute atomic E-state index is 5.50. The van der Waals surface area contributed by atoms with Crippen LogP contribution in [-0.2, 0) is 30.4 Å². The van der Waals surface area contributed by atoms with Gasteiger partial charge in [-0.15, -0.1) is 4.67 Å². The zero-order chi connectivity index (χ0) is 15.3. The fourth-order valence-corrected chi connectivity index (χ4v) is 3.21. The summed E-state index contributed by atoms with van der Waals surface area (Å²) in [5.41, 5.74) is 1.10. The molecule has 0 aromatic rings. The van der Waals surface area contributed by atoms with E-state index in [2.05, 4.69) is 23.7 Å². The minimum Gasteiger partial charge on any atom is -0.389 e. The summed E-state index contributed by atoms with van der Waals surface area (Å²) in [6, 6.07) is 0. The average Bonchev–Trinajstić information content (AvgIpc) is 2.42. The van der Waals surface area contributed by atoms with Crippen LogP contribution in [0.2, 0.25) is 0 Å². The molecule has 7 heteroatoms. The van der Waals surface area contributed by atoms with Gasteiger partial charge in [0, 0.05) is 12.2 Å². The molecule has 0 fully saturated rings. The van der Waals surface area contributed by atoms with Gasteiger partial charge in [0.15, 0.2) is 0 Å². The van der Waals surface area contributed by atoms with Crippen molar-refractivity contribution in [1.29, 1.82) is 0 Å². The van der Waals surface area contributed by atoms with Gasteiger partial charge in [-0.25, -0.2) is 4.89 Å². The first kappa shape index (κ1) is 20.0. The number of nitrogens with one attached hydrogen (secondary N) is 1. The van der Waals surface area contributed by atoms with E-state index >= 15 is 0 Å². The molecule has 20 heavy (non-hydrogen) atoms. The maximum atomic E-state index is 5.50. The van der Waals surface area contributed by atoms with Crippen molar-refractivity contribution in [2.75, 3.05) is 26.9 Å². The molecule has 0 bridgehead atoms. The average molecular weight is 325 g/mol. The van der Waals surface area contributed by atoms with Crippen LogP contribution in [0.25, 0.3) is 0 Å². The molecule has 0 aliphatic heterocycles. The Morgan fingerprint density at radius 2 is 1.85 bits per heavy atom. The van der Waals surface area contributed by atoms with E-state index in [0.717, 1.165) is 44.3 Å². The largest absolute Gasteiger partial charge is 0.389 e. The Morgan fingerprint density at radius 1 is 1.15 bits per heavy atom. The molecule has 0 rings (SSSR count). The van der Waals surface area contributed by atoms with Gasteiger partial charge in [0.05, 0.1) is 20.3 Å². The first-order valence-electron chi connectivity index (χ1n) is 7.11. The summed E-state index contributed by atoms with van der Waals surface area (Å²) in [6.07, 6.45) is 5.29. The van der Waals surface area contributed by atoms with Gasteiger partial charge in [-0.05, 0) is 38.0 Å². The predicted octanol–water partition coefficient (Wildman–Crippen LogP) is 3.92. The van der Waals surface area contributed by atoms with Crippen molar-refractivity contribution >= 4 is 18.5 Å². The van der Waals surface area contributed by atoms with E-state index in [1.807, 2.05) is 6.92 Å². The number of hydrogen-bond donors (Lipinski definition) is 1. The second-order valence-electron chi connectivity index (χ2n) is 4.24. The zero-order valence-corrected chi connectivity index (χ0v) is 14.6. The van der Waals surface area contributed by atoms with Crippen LogP contribution in [0.3, 0.4) is 0 Å². The van der Waals surface area contributed by atoms with Crippen molar-refractivity contribution in [3.8, 4) is 0 Å². The summed E-state index contributed by atoms with van der Waals surface area (Å²) in [7, 11) is 1.40. The molecule has 0 aromatic heterocycles. The molecule has 1 unspecified atom stereocenters. The van der Waals surface area contributed by atoms with E-state index in [-0.39, 0.29) is 0 Å². The summed E-state index contributed by atoms with van der Waals surface area (Å²) in [5.74, 6) is 0. The molecule has 0 saturated carbocycles. The van der Waals surface area contributed by atoms with Crippen LogP contribution in [0.1, 0.15) is 46.0 Å². The van der Waals surface area contributed by atoms with Crippen molar-refractivity contribution in [2.24, 2.45) is 0 Å². The fourth-order valence-electron chi connectivity index (χ4n) is 1.48. The van der Waals surface area contributed by atoms with Crippen LogP contribution in [0.4, 0.5) is 0 Å². The highest BCUT2D eigenvalue weighted by atomic mass is 32.5. The van der Waals surface area contributed by atoms with E-state index in [4.69, 9.17) is 25.5 Å². The van der Waals surface area contributed by atoms with Gasteiger partial charge in [-0.2, -0.15) is 0 Å². The fraction of sp³-hybridized carbons (Fsp3) is 0.846. The van der Waals surface area contributed by atoms with E-state index in [0.29, 0.717) is 13.2 Å². The zero-order valence-electron chi connectivity index (χ0n) is 12.9. The molecule has 0 aliphatic rings. The molecular formula is C13H28NO4PS. The first-order chi connectivity index (χ1) is 9.58. The third-order valence-electron chi connectivity index (χ3n) is 2.58. The van der Waals surface area contributed by atoms with Crippen molar-refractivity contribution in [2.45, 2.75) is 46.0 Å². The molecule has 120 valence electrons. The van der Waals surface area contributed by atoms with E-state index in [9.17, 15) is 0 Å². The van der Waals surface area contributed by atoms with E-state index in [1.54, 1.807) is 0 Å². The molecule has 0 amide bonds. The SMILES string of the molecule is C=C(CC)NCCCCCCOP(=S)(OCC)OOC. The lowest BCUT2D eigenvalue weighted by Crippen LogP contribution is -2.13. The van der Waals surface area contributed by atoms with E-state index < -0.39 is 6.72 Å². The van der Waals surface area contributed by atoms with Crippen LogP contribution in [-0.4, -0.2) is 26.9 Å². The number of rotatable bonds is 14. The summed E-state index contributed by atoms with van der Waals surface area (Å²) in [5, 5.41) is 3.29. The van der Waals surface area contributed by atoms with Crippen LogP contribution < -0.4 is 5.32 Å². The quantitative estimate of drug-likeness (QED) is 0.226. The highest BCUT2D eigenvalue weighted by Gasteiger charge is 2.20. The van der Waals surface area contributed by atoms with Gasteiger partial charge in [0.2, 0.25) is 0 Å². The smallest absolute Gasteiger partial charge is 0.355 e. The lowest BCUT2D eigenvalue weighted by atomic mass is 10.2. The number of hydrogen-bond acceptors (Lipinski definition) is 6. The standard InChI is InChI=1S/C13H28NO4PS/c1-5-13(3)14-11-9-7-8-10-12-17-19(20,16-6-2)18-15-4/h14H,3,5-12H2,1-2,4H3. The van der Waals surface area contributed by atoms with Gasteiger partial charge in [0.25, 0.3) is 0 Å². The molecule has 0 saturated heterocycles. The maximum Gasteiger partial charge on any atom is 0.355 e. The van der Waals surface area contributed by atoms with Gasteiger partial charge in [-0.1, -0.05) is 26.3 Å². The summed E-state index contributed by atoms with van der Waals surface area (Å²) in [4.78, 5) is 4.58. The van der Waals surface area contributed by atoms with Crippen molar-refractivity contribution in [3.05, 3.63) is 12.3 Å². The molecule has 5 nitrogen and oxygen atoms in total. The Bertz CT molecular complexity index is 292. The first-order valence-corrected chi connectivity index (χ1v) is 9.66.